The average molecular weight is 387 g/mol. The number of benzene rings is 2. The molecule has 2 N–H and O–H groups in total. The van der Waals surface area contributed by atoms with E-state index in [0.29, 0.717) is 17.3 Å². The van der Waals surface area contributed by atoms with Crippen molar-refractivity contribution in [2.45, 2.75) is 34.8 Å². The first-order valence-electron chi connectivity index (χ1n) is 8.65. The number of nitrogens with one attached hydrogen (secondary N) is 2. The lowest BCUT2D eigenvalue weighted by molar-refractivity contribution is -0.124. The minimum atomic E-state index is -0.421. The largest absolute Gasteiger partial charge is 0.355 e. The predicted molar refractivity (Wildman–Crippen MR) is 105 cm³/mol. The molecule has 2 aromatic carbocycles. The van der Waals surface area contributed by atoms with Gasteiger partial charge in [-0.05, 0) is 36.6 Å². The Morgan fingerprint density at radius 1 is 1.23 bits per heavy atom. The fraction of sp³-hybridized carbons (Fsp3) is 0.300. The molecule has 134 valence electrons. The third-order valence-corrected chi connectivity index (χ3v) is 6.51. The van der Waals surface area contributed by atoms with Crippen molar-refractivity contribution in [2.24, 2.45) is 0 Å². The van der Waals surface area contributed by atoms with Crippen molar-refractivity contribution in [2.75, 3.05) is 11.9 Å². The monoisotopic (exact) mass is 386 g/mol. The van der Waals surface area contributed by atoms with Crippen molar-refractivity contribution in [1.29, 1.82) is 0 Å². The lowest BCUT2D eigenvalue weighted by Gasteiger charge is -2.24. The normalized spacial score (nSPS) is 20.0. The highest BCUT2D eigenvalue weighted by molar-refractivity contribution is 8.01. The van der Waals surface area contributed by atoms with Crippen LogP contribution in [-0.4, -0.2) is 23.6 Å². The summed E-state index contributed by atoms with van der Waals surface area (Å²) in [4.78, 5) is 25.6. The molecule has 2 amide bonds. The third kappa shape index (κ3) is 3.60. The topological polar surface area (TPSA) is 58.2 Å². The summed E-state index contributed by atoms with van der Waals surface area (Å²) in [5.74, 6) is -0.235. The molecule has 2 aliphatic rings. The van der Waals surface area contributed by atoms with E-state index in [0.717, 1.165) is 17.7 Å². The van der Waals surface area contributed by atoms with Crippen LogP contribution in [0.4, 0.5) is 5.69 Å². The standard InChI is InChI=1S/C20H19ClN2O2S/c21-14-6-7-16-15(10-14)23-19(25)17(26-16)11-18(24)22-12-20(8-9-20)13-4-2-1-3-5-13/h1-7,10,17H,8-9,11-12H2,(H,22,24)(H,23,25)/t17-/m0/s1. The van der Waals surface area contributed by atoms with E-state index in [4.69, 9.17) is 11.6 Å². The smallest absolute Gasteiger partial charge is 0.238 e. The molecule has 1 aliphatic carbocycles. The van der Waals surface area contributed by atoms with Gasteiger partial charge < -0.3 is 10.6 Å². The zero-order valence-corrected chi connectivity index (χ0v) is 15.7. The van der Waals surface area contributed by atoms with Gasteiger partial charge in [-0.3, -0.25) is 9.59 Å². The van der Waals surface area contributed by atoms with Crippen LogP contribution in [0.1, 0.15) is 24.8 Å². The van der Waals surface area contributed by atoms with Gasteiger partial charge in [0.25, 0.3) is 0 Å². The molecule has 0 aromatic heterocycles. The van der Waals surface area contributed by atoms with E-state index in [1.807, 2.05) is 24.3 Å². The van der Waals surface area contributed by atoms with Crippen LogP contribution in [-0.2, 0) is 15.0 Å². The number of carbonyl (C=O) groups is 2. The van der Waals surface area contributed by atoms with E-state index in [2.05, 4.69) is 22.8 Å². The molecule has 2 aromatic rings. The minimum absolute atomic E-state index is 0.0717. The Kier molecular flexibility index (Phi) is 4.67. The van der Waals surface area contributed by atoms with Crippen molar-refractivity contribution in [1.82, 2.24) is 5.32 Å². The summed E-state index contributed by atoms with van der Waals surface area (Å²) >= 11 is 7.38. The Bertz CT molecular complexity index is 852. The van der Waals surface area contributed by atoms with Crippen molar-refractivity contribution >= 4 is 40.9 Å². The lowest BCUT2D eigenvalue weighted by atomic mass is 9.96. The fourth-order valence-corrected chi connectivity index (χ4v) is 4.54. The highest BCUT2D eigenvalue weighted by atomic mass is 35.5. The molecule has 0 bridgehead atoms. The highest BCUT2D eigenvalue weighted by Crippen LogP contribution is 2.47. The van der Waals surface area contributed by atoms with Crippen molar-refractivity contribution in [3.63, 3.8) is 0 Å². The van der Waals surface area contributed by atoms with Gasteiger partial charge in [0.2, 0.25) is 11.8 Å². The van der Waals surface area contributed by atoms with Crippen LogP contribution in [0.2, 0.25) is 5.02 Å². The molecular formula is C20H19ClN2O2S. The zero-order valence-electron chi connectivity index (χ0n) is 14.1. The second-order valence-electron chi connectivity index (χ2n) is 6.86. The van der Waals surface area contributed by atoms with E-state index >= 15 is 0 Å². The molecule has 4 nitrogen and oxygen atoms in total. The first-order chi connectivity index (χ1) is 12.6. The Balaban J connectivity index is 1.35. The van der Waals surface area contributed by atoms with E-state index < -0.39 is 5.25 Å². The SMILES string of the molecule is O=C(C[C@@H]1Sc2ccc(Cl)cc2NC1=O)NCC1(c2ccccc2)CC1. The molecule has 6 heteroatoms. The molecule has 4 rings (SSSR count). The molecule has 0 spiro atoms. The number of amides is 2. The Labute approximate surface area is 161 Å². The quantitative estimate of drug-likeness (QED) is 0.816. The second kappa shape index (κ2) is 6.97. The van der Waals surface area contributed by atoms with E-state index in [1.165, 1.54) is 17.3 Å². The van der Waals surface area contributed by atoms with Crippen LogP contribution < -0.4 is 10.6 Å². The molecule has 26 heavy (non-hydrogen) atoms. The molecule has 1 saturated carbocycles. The summed E-state index contributed by atoms with van der Waals surface area (Å²) in [6.07, 6.45) is 2.34. The number of rotatable bonds is 5. The average Bonchev–Trinajstić information content (AvgIpc) is 3.43. The van der Waals surface area contributed by atoms with Gasteiger partial charge in [0.15, 0.2) is 0 Å². The second-order valence-corrected chi connectivity index (χ2v) is 8.54. The Morgan fingerprint density at radius 2 is 2.00 bits per heavy atom. The molecule has 0 unspecified atom stereocenters. The summed E-state index contributed by atoms with van der Waals surface area (Å²) in [6, 6.07) is 15.7. The van der Waals surface area contributed by atoms with Crippen LogP contribution in [0.15, 0.2) is 53.4 Å². The molecule has 1 fully saturated rings. The maximum absolute atomic E-state index is 12.4. The molecule has 0 radical (unpaired) electrons. The molecule has 1 atom stereocenters. The molecule has 0 saturated heterocycles. The molecule has 1 aliphatic heterocycles. The van der Waals surface area contributed by atoms with Crippen LogP contribution in [0.5, 0.6) is 0 Å². The summed E-state index contributed by atoms with van der Waals surface area (Å²) < 4.78 is 0. The van der Waals surface area contributed by atoms with Crippen LogP contribution in [0.3, 0.4) is 0 Å². The Hall–Kier alpha value is -1.98. The number of thioether (sulfide) groups is 1. The first-order valence-corrected chi connectivity index (χ1v) is 9.91. The fourth-order valence-electron chi connectivity index (χ4n) is 3.28. The number of hydrogen-bond acceptors (Lipinski definition) is 3. The van der Waals surface area contributed by atoms with E-state index in [1.54, 1.807) is 12.1 Å². The van der Waals surface area contributed by atoms with Gasteiger partial charge in [0.05, 0.1) is 10.9 Å². The van der Waals surface area contributed by atoms with Gasteiger partial charge in [-0.2, -0.15) is 0 Å². The van der Waals surface area contributed by atoms with Gasteiger partial charge in [-0.25, -0.2) is 0 Å². The summed E-state index contributed by atoms with van der Waals surface area (Å²) in [6.45, 7) is 0.626. The number of hydrogen-bond donors (Lipinski definition) is 2. The Morgan fingerprint density at radius 3 is 2.73 bits per heavy atom. The van der Waals surface area contributed by atoms with Crippen LogP contribution in [0, 0.1) is 0 Å². The molecular weight excluding hydrogens is 368 g/mol. The summed E-state index contributed by atoms with van der Waals surface area (Å²) in [7, 11) is 0. The van der Waals surface area contributed by atoms with E-state index in [9.17, 15) is 9.59 Å². The maximum atomic E-state index is 12.4. The van der Waals surface area contributed by atoms with Gasteiger partial charge in [-0.1, -0.05) is 41.9 Å². The number of fused-ring (bicyclic) bond motifs is 1. The third-order valence-electron chi connectivity index (χ3n) is 5.00. The van der Waals surface area contributed by atoms with Gasteiger partial charge >= 0.3 is 0 Å². The highest BCUT2D eigenvalue weighted by Gasteiger charge is 2.44. The number of anilines is 1. The van der Waals surface area contributed by atoms with Gasteiger partial charge in [0.1, 0.15) is 0 Å². The van der Waals surface area contributed by atoms with Crippen molar-refractivity contribution in [3.8, 4) is 0 Å². The summed E-state index contributed by atoms with van der Waals surface area (Å²) in [5, 5.41) is 6.03. The summed E-state index contributed by atoms with van der Waals surface area (Å²) in [5.41, 5.74) is 2.06. The zero-order chi connectivity index (χ0) is 18.1. The van der Waals surface area contributed by atoms with Gasteiger partial charge in [0, 0.05) is 28.3 Å². The minimum Gasteiger partial charge on any atom is -0.355 e. The number of carbonyl (C=O) groups excluding carboxylic acids is 2. The first kappa shape index (κ1) is 17.4. The van der Waals surface area contributed by atoms with Gasteiger partial charge in [-0.15, -0.1) is 11.8 Å². The van der Waals surface area contributed by atoms with Crippen LogP contribution in [0.25, 0.3) is 0 Å². The number of halogens is 1. The van der Waals surface area contributed by atoms with Crippen molar-refractivity contribution < 1.29 is 9.59 Å². The molecule has 1 heterocycles. The maximum Gasteiger partial charge on any atom is 0.238 e. The van der Waals surface area contributed by atoms with E-state index in [-0.39, 0.29) is 23.7 Å². The van der Waals surface area contributed by atoms with Crippen LogP contribution >= 0.6 is 23.4 Å². The lowest BCUT2D eigenvalue weighted by Crippen LogP contribution is -2.37. The van der Waals surface area contributed by atoms with Crippen molar-refractivity contribution in [3.05, 3.63) is 59.1 Å². The predicted octanol–water partition coefficient (Wildman–Crippen LogP) is 3.99.